The van der Waals surface area contributed by atoms with Gasteiger partial charge >= 0.3 is 5.97 Å². The number of hydrogen-bond acceptors (Lipinski definition) is 5. The van der Waals surface area contributed by atoms with Crippen LogP contribution in [0.1, 0.15) is 38.1 Å². The Morgan fingerprint density at radius 2 is 1.89 bits per heavy atom. The van der Waals surface area contributed by atoms with Gasteiger partial charge in [-0.3, -0.25) is 4.79 Å². The highest BCUT2D eigenvalue weighted by molar-refractivity contribution is 5.70. The molecule has 1 aliphatic heterocycles. The van der Waals surface area contributed by atoms with Crippen molar-refractivity contribution in [2.24, 2.45) is 5.92 Å². The van der Waals surface area contributed by atoms with Gasteiger partial charge in [-0.05, 0) is 39.2 Å². The predicted molar refractivity (Wildman–Crippen MR) is 107 cm³/mol. The Balaban J connectivity index is 1.82. The Labute approximate surface area is 160 Å². The number of aryl methyl sites for hydroxylation is 1. The topological polar surface area (TPSA) is 69.6 Å². The van der Waals surface area contributed by atoms with Crippen molar-refractivity contribution in [2.75, 3.05) is 22.9 Å². The van der Waals surface area contributed by atoms with E-state index >= 15 is 0 Å². The highest BCUT2D eigenvalue weighted by Gasteiger charge is 2.26. The van der Waals surface area contributed by atoms with E-state index in [1.165, 1.54) is 5.56 Å². The van der Waals surface area contributed by atoms with Crippen molar-refractivity contribution in [3.05, 3.63) is 47.8 Å². The fraction of sp³-hybridized carbons (Fsp3) is 0.476. The Morgan fingerprint density at radius 3 is 2.48 bits per heavy atom. The van der Waals surface area contributed by atoms with Crippen LogP contribution in [-0.2, 0) is 11.3 Å². The van der Waals surface area contributed by atoms with Gasteiger partial charge in [-0.25, -0.2) is 9.97 Å². The second-order valence-electron chi connectivity index (χ2n) is 7.44. The van der Waals surface area contributed by atoms with E-state index in [2.05, 4.69) is 57.9 Å². The standard InChI is InChI=1S/C21H28N4O2/c1-15(2)25(14-17-7-5-4-6-8-17)20-13-19(22-16(3)23-20)24-11-9-18(10-12-24)21(26)27/h4-8,13,15,18H,9-12,14H2,1-3H3,(H,26,27). The first-order chi connectivity index (χ1) is 12.9. The second kappa shape index (κ2) is 8.37. The molecule has 0 spiro atoms. The number of carboxylic acid groups (broad SMARTS) is 1. The van der Waals surface area contributed by atoms with Gasteiger partial charge in [0.25, 0.3) is 0 Å². The van der Waals surface area contributed by atoms with Gasteiger partial charge in [0, 0.05) is 31.7 Å². The number of piperidine rings is 1. The quantitative estimate of drug-likeness (QED) is 0.842. The molecule has 1 saturated heterocycles. The molecule has 0 atom stereocenters. The van der Waals surface area contributed by atoms with Crippen LogP contribution in [0.3, 0.4) is 0 Å². The van der Waals surface area contributed by atoms with Crippen LogP contribution in [0.25, 0.3) is 0 Å². The van der Waals surface area contributed by atoms with E-state index in [1.54, 1.807) is 0 Å². The van der Waals surface area contributed by atoms with Crippen molar-refractivity contribution in [1.29, 1.82) is 0 Å². The Kier molecular flexibility index (Phi) is 5.94. The molecule has 1 aromatic carbocycles. The lowest BCUT2D eigenvalue weighted by molar-refractivity contribution is -0.142. The minimum absolute atomic E-state index is 0.242. The largest absolute Gasteiger partial charge is 0.481 e. The molecule has 1 aliphatic rings. The maximum Gasteiger partial charge on any atom is 0.306 e. The summed E-state index contributed by atoms with van der Waals surface area (Å²) >= 11 is 0. The number of anilines is 2. The molecule has 1 aromatic heterocycles. The van der Waals surface area contributed by atoms with Crippen molar-refractivity contribution in [2.45, 2.75) is 46.2 Å². The van der Waals surface area contributed by atoms with Crippen LogP contribution >= 0.6 is 0 Å². The summed E-state index contributed by atoms with van der Waals surface area (Å²) in [6, 6.07) is 12.7. The van der Waals surface area contributed by atoms with Crippen molar-refractivity contribution < 1.29 is 9.90 Å². The molecule has 6 heteroatoms. The average molecular weight is 368 g/mol. The first-order valence-corrected chi connectivity index (χ1v) is 9.58. The van der Waals surface area contributed by atoms with E-state index in [0.717, 1.165) is 24.0 Å². The van der Waals surface area contributed by atoms with Crippen molar-refractivity contribution >= 4 is 17.6 Å². The lowest BCUT2D eigenvalue weighted by Crippen LogP contribution is -2.37. The molecular weight excluding hydrogens is 340 g/mol. The first kappa shape index (κ1) is 19.1. The molecule has 6 nitrogen and oxygen atoms in total. The van der Waals surface area contributed by atoms with Gasteiger partial charge in [-0.1, -0.05) is 30.3 Å². The minimum Gasteiger partial charge on any atom is -0.481 e. The summed E-state index contributed by atoms with van der Waals surface area (Å²) in [4.78, 5) is 24.9. The Morgan fingerprint density at radius 1 is 1.22 bits per heavy atom. The van der Waals surface area contributed by atoms with Crippen LogP contribution in [-0.4, -0.2) is 40.2 Å². The zero-order valence-electron chi connectivity index (χ0n) is 16.3. The highest BCUT2D eigenvalue weighted by Crippen LogP contribution is 2.26. The number of rotatable bonds is 6. The molecular formula is C21H28N4O2. The van der Waals surface area contributed by atoms with Gasteiger partial charge < -0.3 is 14.9 Å². The maximum atomic E-state index is 11.2. The number of benzene rings is 1. The van der Waals surface area contributed by atoms with E-state index in [1.807, 2.05) is 19.1 Å². The molecule has 3 rings (SSSR count). The molecule has 0 radical (unpaired) electrons. The van der Waals surface area contributed by atoms with E-state index in [-0.39, 0.29) is 5.92 Å². The summed E-state index contributed by atoms with van der Waals surface area (Å²) < 4.78 is 0. The number of nitrogens with zero attached hydrogens (tertiary/aromatic N) is 4. The SMILES string of the molecule is Cc1nc(N2CCC(C(=O)O)CC2)cc(N(Cc2ccccc2)C(C)C)n1. The summed E-state index contributed by atoms with van der Waals surface area (Å²) in [6.45, 7) is 8.46. The second-order valence-corrected chi connectivity index (χ2v) is 7.44. The molecule has 27 heavy (non-hydrogen) atoms. The van der Waals surface area contributed by atoms with Gasteiger partial charge in [0.2, 0.25) is 0 Å². The van der Waals surface area contributed by atoms with E-state index in [4.69, 9.17) is 0 Å². The predicted octanol–water partition coefficient (Wildman–Crippen LogP) is 3.50. The summed E-state index contributed by atoms with van der Waals surface area (Å²) in [5.74, 6) is 1.61. The van der Waals surface area contributed by atoms with E-state index < -0.39 is 5.97 Å². The Bertz CT molecular complexity index is 771. The van der Waals surface area contributed by atoms with Crippen LogP contribution in [0.4, 0.5) is 11.6 Å². The number of hydrogen-bond donors (Lipinski definition) is 1. The smallest absolute Gasteiger partial charge is 0.306 e. The van der Waals surface area contributed by atoms with Crippen LogP contribution in [0.15, 0.2) is 36.4 Å². The molecule has 0 bridgehead atoms. The van der Waals surface area contributed by atoms with E-state index in [0.29, 0.717) is 32.0 Å². The highest BCUT2D eigenvalue weighted by atomic mass is 16.4. The summed E-state index contributed by atoms with van der Waals surface area (Å²) in [7, 11) is 0. The monoisotopic (exact) mass is 368 g/mol. The number of carboxylic acids is 1. The number of aromatic nitrogens is 2. The van der Waals surface area contributed by atoms with Crippen molar-refractivity contribution in [3.8, 4) is 0 Å². The maximum absolute atomic E-state index is 11.2. The summed E-state index contributed by atoms with van der Waals surface area (Å²) in [5, 5.41) is 9.21. The van der Waals surface area contributed by atoms with Crippen LogP contribution < -0.4 is 9.80 Å². The van der Waals surface area contributed by atoms with Gasteiger partial charge in [0.05, 0.1) is 5.92 Å². The molecule has 1 fully saturated rings. The average Bonchev–Trinajstić information content (AvgIpc) is 2.66. The van der Waals surface area contributed by atoms with Gasteiger partial charge in [-0.15, -0.1) is 0 Å². The lowest BCUT2D eigenvalue weighted by Gasteiger charge is -2.33. The van der Waals surface area contributed by atoms with Crippen LogP contribution in [0, 0.1) is 12.8 Å². The number of carbonyl (C=O) groups is 1. The summed E-state index contributed by atoms with van der Waals surface area (Å²) in [5.41, 5.74) is 1.24. The number of aliphatic carboxylic acids is 1. The molecule has 0 saturated carbocycles. The fourth-order valence-electron chi connectivity index (χ4n) is 3.51. The minimum atomic E-state index is -0.692. The zero-order valence-corrected chi connectivity index (χ0v) is 16.3. The van der Waals surface area contributed by atoms with E-state index in [9.17, 15) is 9.90 Å². The molecule has 0 unspecified atom stereocenters. The molecule has 1 N–H and O–H groups in total. The normalized spacial score (nSPS) is 15.2. The lowest BCUT2D eigenvalue weighted by atomic mass is 9.97. The van der Waals surface area contributed by atoms with Gasteiger partial charge in [-0.2, -0.15) is 0 Å². The third kappa shape index (κ3) is 4.76. The van der Waals surface area contributed by atoms with Gasteiger partial charge in [0.15, 0.2) is 0 Å². The van der Waals surface area contributed by atoms with Gasteiger partial charge in [0.1, 0.15) is 17.5 Å². The molecule has 144 valence electrons. The third-order valence-electron chi connectivity index (χ3n) is 5.09. The molecule has 0 amide bonds. The van der Waals surface area contributed by atoms with Crippen molar-refractivity contribution in [1.82, 2.24) is 9.97 Å². The molecule has 2 heterocycles. The van der Waals surface area contributed by atoms with Crippen LogP contribution in [0.5, 0.6) is 0 Å². The summed E-state index contributed by atoms with van der Waals surface area (Å²) in [6.07, 6.45) is 1.32. The van der Waals surface area contributed by atoms with Crippen molar-refractivity contribution in [3.63, 3.8) is 0 Å². The zero-order chi connectivity index (χ0) is 19.4. The van der Waals surface area contributed by atoms with Crippen LogP contribution in [0.2, 0.25) is 0 Å². The first-order valence-electron chi connectivity index (χ1n) is 9.58. The molecule has 2 aromatic rings. The Hall–Kier alpha value is -2.63. The fourth-order valence-corrected chi connectivity index (χ4v) is 3.51. The third-order valence-corrected chi connectivity index (χ3v) is 5.09. The molecule has 0 aliphatic carbocycles.